The predicted octanol–water partition coefficient (Wildman–Crippen LogP) is 3.36. The van der Waals surface area contributed by atoms with E-state index < -0.39 is 10.0 Å². The predicted molar refractivity (Wildman–Crippen MR) is 117 cm³/mol. The maximum absolute atomic E-state index is 13.0. The van der Waals surface area contributed by atoms with Gasteiger partial charge in [-0.2, -0.15) is 0 Å². The summed E-state index contributed by atoms with van der Waals surface area (Å²) in [6.07, 6.45) is 0. The number of fused-ring (bicyclic) bond motifs is 1. The molecule has 2 aromatic carbocycles. The molecule has 1 aliphatic heterocycles. The number of nitrogens with one attached hydrogen (secondary N) is 1. The number of ether oxygens (including phenoxy) is 3. The van der Waals surface area contributed by atoms with Crippen molar-refractivity contribution >= 4 is 39.1 Å². The lowest BCUT2D eigenvalue weighted by atomic mass is 10.2. The molecule has 0 spiro atoms. The average molecular weight is 453 g/mol. The van der Waals surface area contributed by atoms with Gasteiger partial charge >= 0.3 is 0 Å². The van der Waals surface area contributed by atoms with E-state index in [2.05, 4.69) is 4.72 Å². The second kappa shape index (κ2) is 8.65. The highest BCUT2D eigenvalue weighted by Gasteiger charge is 2.27. The van der Waals surface area contributed by atoms with Crippen molar-refractivity contribution in [2.75, 3.05) is 37.5 Å². The zero-order valence-electron chi connectivity index (χ0n) is 17.4. The molecule has 10 heteroatoms. The van der Waals surface area contributed by atoms with Gasteiger partial charge in [-0.15, -0.1) is 11.8 Å². The molecule has 3 rings (SSSR count). The summed E-state index contributed by atoms with van der Waals surface area (Å²) in [7, 11) is 0.446. The fraction of sp³-hybridized carbons (Fsp3) is 0.350. The Balaban J connectivity index is 1.99. The Hall–Kier alpha value is -2.59. The monoisotopic (exact) mass is 452 g/mol. The largest absolute Gasteiger partial charge is 0.493 e. The summed E-state index contributed by atoms with van der Waals surface area (Å²) in [5.41, 5.74) is 0.854. The second-order valence-corrected chi connectivity index (χ2v) is 9.87. The van der Waals surface area contributed by atoms with Crippen LogP contribution in [0.2, 0.25) is 0 Å². The molecule has 0 radical (unpaired) electrons. The van der Waals surface area contributed by atoms with Crippen LogP contribution in [0, 0.1) is 0 Å². The van der Waals surface area contributed by atoms with E-state index >= 15 is 0 Å². The number of hydrogen-bond acceptors (Lipinski definition) is 7. The first kappa shape index (κ1) is 22.1. The lowest BCUT2D eigenvalue weighted by Crippen LogP contribution is -2.37. The van der Waals surface area contributed by atoms with Gasteiger partial charge in [-0.3, -0.25) is 9.52 Å². The molecule has 0 aromatic heterocycles. The third-order valence-electron chi connectivity index (χ3n) is 4.60. The highest BCUT2D eigenvalue weighted by molar-refractivity contribution is 8.00. The number of anilines is 2. The number of carbonyl (C=O) groups excluding carboxylic acids is 1. The third kappa shape index (κ3) is 4.29. The van der Waals surface area contributed by atoms with Crippen LogP contribution in [0.4, 0.5) is 11.4 Å². The molecule has 1 atom stereocenters. The van der Waals surface area contributed by atoms with Gasteiger partial charge in [0.1, 0.15) is 0 Å². The van der Waals surface area contributed by atoms with Gasteiger partial charge < -0.3 is 19.1 Å². The number of nitrogens with zero attached hydrogens (tertiary/aromatic N) is 1. The number of carbonyl (C=O) groups is 1. The molecule has 1 unspecified atom stereocenters. The molecule has 8 nitrogen and oxygen atoms in total. The van der Waals surface area contributed by atoms with E-state index in [1.807, 2.05) is 6.92 Å². The number of thioether (sulfide) groups is 1. The van der Waals surface area contributed by atoms with Crippen molar-refractivity contribution in [3.8, 4) is 17.2 Å². The van der Waals surface area contributed by atoms with Crippen molar-refractivity contribution in [2.45, 2.75) is 28.9 Å². The molecule has 1 amide bonds. The van der Waals surface area contributed by atoms with Gasteiger partial charge in [-0.05, 0) is 18.2 Å². The number of methoxy groups -OCH3 is 3. The lowest BCUT2D eigenvalue weighted by molar-refractivity contribution is -0.116. The first-order chi connectivity index (χ1) is 14.2. The Morgan fingerprint density at radius 2 is 1.73 bits per heavy atom. The van der Waals surface area contributed by atoms with Gasteiger partial charge in [-0.1, -0.05) is 6.92 Å². The lowest BCUT2D eigenvalue weighted by Gasteiger charge is -2.32. The van der Waals surface area contributed by atoms with Crippen LogP contribution in [0.1, 0.15) is 13.8 Å². The van der Waals surface area contributed by atoms with E-state index in [0.717, 1.165) is 4.90 Å². The van der Waals surface area contributed by atoms with Gasteiger partial charge in [0.05, 0.1) is 37.6 Å². The SMILES string of the molecule is COc1cc(NS(=O)(=O)c2ccc3c(c2)N(C(C)=O)CC(C)S3)cc(OC)c1OC. The molecule has 1 N–H and O–H groups in total. The fourth-order valence-corrected chi connectivity index (χ4v) is 5.39. The molecule has 0 saturated carbocycles. The van der Waals surface area contributed by atoms with Gasteiger partial charge in [0.25, 0.3) is 10.0 Å². The molecule has 30 heavy (non-hydrogen) atoms. The number of rotatable bonds is 6. The van der Waals surface area contributed by atoms with Crippen LogP contribution in [-0.4, -0.2) is 47.4 Å². The van der Waals surface area contributed by atoms with Gasteiger partial charge in [0, 0.05) is 35.7 Å². The molecule has 0 saturated heterocycles. The highest BCUT2D eigenvalue weighted by Crippen LogP contribution is 2.42. The van der Waals surface area contributed by atoms with Crippen molar-refractivity contribution in [1.82, 2.24) is 0 Å². The van der Waals surface area contributed by atoms with Crippen LogP contribution in [0.25, 0.3) is 0 Å². The average Bonchev–Trinajstić information content (AvgIpc) is 2.71. The minimum atomic E-state index is -3.93. The summed E-state index contributed by atoms with van der Waals surface area (Å²) >= 11 is 1.61. The zero-order chi connectivity index (χ0) is 22.1. The molecule has 0 bridgehead atoms. The summed E-state index contributed by atoms with van der Waals surface area (Å²) in [6, 6.07) is 7.81. The van der Waals surface area contributed by atoms with Crippen molar-refractivity contribution in [1.29, 1.82) is 0 Å². The highest BCUT2D eigenvalue weighted by atomic mass is 32.2. The minimum Gasteiger partial charge on any atom is -0.493 e. The maximum Gasteiger partial charge on any atom is 0.261 e. The van der Waals surface area contributed by atoms with Crippen LogP contribution in [0.5, 0.6) is 17.2 Å². The van der Waals surface area contributed by atoms with Crippen molar-refractivity contribution in [3.63, 3.8) is 0 Å². The standard InChI is InChI=1S/C20H24N2O6S2/c1-12-11-22(13(2)23)16-10-15(6-7-19(16)29-12)30(24,25)21-14-8-17(26-3)20(28-5)18(9-14)27-4/h6-10,12,21H,11H2,1-5H3. The summed E-state index contributed by atoms with van der Waals surface area (Å²) in [6.45, 7) is 4.03. The van der Waals surface area contributed by atoms with E-state index in [9.17, 15) is 13.2 Å². The van der Waals surface area contributed by atoms with E-state index in [0.29, 0.717) is 29.5 Å². The number of benzene rings is 2. The molecular weight excluding hydrogens is 428 g/mol. The molecule has 0 aliphatic carbocycles. The molecule has 0 fully saturated rings. The normalized spacial score (nSPS) is 15.9. The topological polar surface area (TPSA) is 94.2 Å². The van der Waals surface area contributed by atoms with E-state index in [1.54, 1.807) is 22.7 Å². The molecule has 1 heterocycles. The van der Waals surface area contributed by atoms with E-state index in [1.165, 1.54) is 52.5 Å². The Labute approximate surface area is 180 Å². The zero-order valence-corrected chi connectivity index (χ0v) is 19.0. The third-order valence-corrected chi connectivity index (χ3v) is 7.13. The first-order valence-electron chi connectivity index (χ1n) is 9.11. The second-order valence-electron chi connectivity index (χ2n) is 6.71. The van der Waals surface area contributed by atoms with Gasteiger partial charge in [-0.25, -0.2) is 8.42 Å². The summed E-state index contributed by atoms with van der Waals surface area (Å²) in [5, 5.41) is 0.223. The van der Waals surface area contributed by atoms with Crippen LogP contribution in [-0.2, 0) is 14.8 Å². The Kier molecular flexibility index (Phi) is 6.37. The van der Waals surface area contributed by atoms with Crippen molar-refractivity contribution < 1.29 is 27.4 Å². The Morgan fingerprint density at radius 3 is 2.27 bits per heavy atom. The van der Waals surface area contributed by atoms with E-state index in [-0.39, 0.29) is 21.7 Å². The number of amides is 1. The van der Waals surface area contributed by atoms with Gasteiger partial charge in [0.15, 0.2) is 11.5 Å². The minimum absolute atomic E-state index is 0.0522. The first-order valence-corrected chi connectivity index (χ1v) is 11.5. The summed E-state index contributed by atoms with van der Waals surface area (Å²) in [5.74, 6) is 0.886. The summed E-state index contributed by atoms with van der Waals surface area (Å²) < 4.78 is 44.5. The van der Waals surface area contributed by atoms with E-state index in [4.69, 9.17) is 14.2 Å². The Bertz CT molecular complexity index is 1050. The Morgan fingerprint density at radius 1 is 1.10 bits per heavy atom. The van der Waals surface area contributed by atoms with Crippen LogP contribution in [0.15, 0.2) is 40.1 Å². The molecule has 1 aliphatic rings. The smallest absolute Gasteiger partial charge is 0.261 e. The molecular formula is C20H24N2O6S2. The van der Waals surface area contributed by atoms with Crippen LogP contribution >= 0.6 is 11.8 Å². The van der Waals surface area contributed by atoms with Crippen LogP contribution in [0.3, 0.4) is 0 Å². The van der Waals surface area contributed by atoms with Crippen molar-refractivity contribution in [3.05, 3.63) is 30.3 Å². The molecule has 2 aromatic rings. The van der Waals surface area contributed by atoms with Gasteiger partial charge in [0.2, 0.25) is 11.7 Å². The number of sulfonamides is 1. The maximum atomic E-state index is 13.0. The fourth-order valence-electron chi connectivity index (χ4n) is 3.24. The van der Waals surface area contributed by atoms with Crippen molar-refractivity contribution in [2.24, 2.45) is 0 Å². The molecule has 162 valence electrons. The number of hydrogen-bond donors (Lipinski definition) is 1. The quantitative estimate of drug-likeness (QED) is 0.718. The van der Waals surface area contributed by atoms with Crippen LogP contribution < -0.4 is 23.8 Å². The summed E-state index contributed by atoms with van der Waals surface area (Å²) in [4.78, 5) is 14.6.